The van der Waals surface area contributed by atoms with Crippen LogP contribution in [-0.4, -0.2) is 41.0 Å². The Balaban J connectivity index is 0.000000158. The number of amides is 2. The molecule has 4 heterocycles. The Kier molecular flexibility index (Phi) is 10.3. The lowest BCUT2D eigenvalue weighted by atomic mass is 10.0. The number of aromatic nitrogens is 6. The van der Waals surface area contributed by atoms with Crippen molar-refractivity contribution in [2.24, 2.45) is 0 Å². The van der Waals surface area contributed by atoms with Gasteiger partial charge in [-0.1, -0.05) is 66.2 Å². The summed E-state index contributed by atoms with van der Waals surface area (Å²) >= 11 is 6.35. The Morgan fingerprint density at radius 1 is 0.607 bits per heavy atom. The summed E-state index contributed by atoms with van der Waals surface area (Å²) in [5, 5.41) is 14.4. The maximum Gasteiger partial charge on any atom is 0.228 e. The molecule has 0 bridgehead atoms. The fourth-order valence-corrected chi connectivity index (χ4v) is 6.64. The highest BCUT2D eigenvalue weighted by molar-refractivity contribution is 6.31. The minimum absolute atomic E-state index is 0.0575. The zero-order chi connectivity index (χ0) is 38.6. The molecular formula is C43H33ClF2N8O2. The molecule has 0 unspecified atom stereocenters. The van der Waals surface area contributed by atoms with Crippen LogP contribution in [0.25, 0.3) is 33.5 Å². The summed E-state index contributed by atoms with van der Waals surface area (Å²) in [5.41, 5.74) is 9.58. The lowest BCUT2D eigenvalue weighted by Gasteiger charge is -2.09. The van der Waals surface area contributed by atoms with Crippen LogP contribution in [0.1, 0.15) is 35.4 Å². The number of nitrogens with zero attached hydrogens (tertiary/aromatic N) is 6. The Labute approximate surface area is 324 Å². The van der Waals surface area contributed by atoms with Gasteiger partial charge < -0.3 is 10.6 Å². The molecule has 278 valence electrons. The van der Waals surface area contributed by atoms with Crippen LogP contribution in [0.5, 0.6) is 0 Å². The summed E-state index contributed by atoms with van der Waals surface area (Å²) in [4.78, 5) is 32.9. The van der Waals surface area contributed by atoms with Crippen LogP contribution in [0.4, 0.5) is 20.2 Å². The number of nitrogens with one attached hydrogen (secondary N) is 2. The van der Waals surface area contributed by atoms with Gasteiger partial charge in [0.15, 0.2) is 22.9 Å². The molecule has 10 nitrogen and oxygen atoms in total. The van der Waals surface area contributed by atoms with Crippen LogP contribution >= 0.6 is 11.6 Å². The highest BCUT2D eigenvalue weighted by Crippen LogP contribution is 2.43. The number of halogens is 3. The molecule has 1 fully saturated rings. The molecule has 1 saturated carbocycles. The molecule has 0 atom stereocenters. The summed E-state index contributed by atoms with van der Waals surface area (Å²) in [6.45, 7) is 0. The third kappa shape index (κ3) is 8.61. The summed E-state index contributed by atoms with van der Waals surface area (Å²) in [7, 11) is 0. The number of pyridine rings is 2. The van der Waals surface area contributed by atoms with E-state index in [1.807, 2.05) is 103 Å². The van der Waals surface area contributed by atoms with Crippen molar-refractivity contribution in [3.63, 3.8) is 0 Å². The van der Waals surface area contributed by atoms with Gasteiger partial charge >= 0.3 is 0 Å². The predicted molar refractivity (Wildman–Crippen MR) is 211 cm³/mol. The van der Waals surface area contributed by atoms with Crippen molar-refractivity contribution < 1.29 is 18.4 Å². The fourth-order valence-electron chi connectivity index (χ4n) is 6.31. The van der Waals surface area contributed by atoms with Crippen molar-refractivity contribution in [3.8, 4) is 22.3 Å². The van der Waals surface area contributed by atoms with Gasteiger partial charge in [0.05, 0.1) is 12.8 Å². The van der Waals surface area contributed by atoms with Crippen LogP contribution in [0.15, 0.2) is 134 Å². The maximum atomic E-state index is 13.2. The third-order valence-electron chi connectivity index (χ3n) is 9.37. The lowest BCUT2D eigenvalue weighted by Crippen LogP contribution is -2.14. The van der Waals surface area contributed by atoms with Gasteiger partial charge in [-0.05, 0) is 106 Å². The molecule has 2 N–H and O–H groups in total. The second kappa shape index (κ2) is 15.9. The van der Waals surface area contributed by atoms with Crippen molar-refractivity contribution in [1.29, 1.82) is 0 Å². The van der Waals surface area contributed by atoms with E-state index in [2.05, 4.69) is 30.8 Å². The van der Waals surface area contributed by atoms with Crippen LogP contribution in [0.2, 0.25) is 5.02 Å². The predicted octanol–water partition coefficient (Wildman–Crippen LogP) is 8.96. The number of carbonyl (C=O) groups excluding carboxylic acids is 2. The smallest absolute Gasteiger partial charge is 0.228 e. The monoisotopic (exact) mass is 766 g/mol. The second-order valence-electron chi connectivity index (χ2n) is 13.4. The number of hydrogen-bond donors (Lipinski definition) is 2. The molecule has 56 heavy (non-hydrogen) atoms. The molecule has 0 saturated heterocycles. The number of rotatable bonds is 9. The van der Waals surface area contributed by atoms with Gasteiger partial charge in [-0.25, -0.2) is 27.8 Å². The molecule has 1 aliphatic rings. The molecule has 8 aromatic rings. The van der Waals surface area contributed by atoms with Crippen LogP contribution < -0.4 is 10.6 Å². The van der Waals surface area contributed by atoms with E-state index in [4.69, 9.17) is 11.6 Å². The number of hydrogen-bond acceptors (Lipinski definition) is 6. The van der Waals surface area contributed by atoms with Crippen LogP contribution in [-0.2, 0) is 22.4 Å². The highest BCUT2D eigenvalue weighted by atomic mass is 35.5. The normalized spacial score (nSPS) is 12.3. The van der Waals surface area contributed by atoms with Crippen molar-refractivity contribution in [2.75, 3.05) is 10.6 Å². The first-order chi connectivity index (χ1) is 27.2. The van der Waals surface area contributed by atoms with Crippen molar-refractivity contribution >= 4 is 46.1 Å². The molecule has 13 heteroatoms. The Bertz CT molecular complexity index is 2690. The lowest BCUT2D eigenvalue weighted by molar-refractivity contribution is -0.116. The van der Waals surface area contributed by atoms with Crippen LogP contribution in [0, 0.1) is 11.6 Å². The Morgan fingerprint density at radius 2 is 1.11 bits per heavy atom. The zero-order valence-electron chi connectivity index (χ0n) is 29.7. The van der Waals surface area contributed by atoms with Crippen molar-refractivity contribution in [3.05, 3.63) is 168 Å². The Hall–Kier alpha value is -6.79. The van der Waals surface area contributed by atoms with E-state index < -0.39 is 11.6 Å². The molecule has 1 aliphatic carbocycles. The van der Waals surface area contributed by atoms with E-state index >= 15 is 0 Å². The van der Waals surface area contributed by atoms with Gasteiger partial charge in [0.25, 0.3) is 0 Å². The minimum Gasteiger partial charge on any atom is -0.326 e. The van der Waals surface area contributed by atoms with Gasteiger partial charge in [0, 0.05) is 34.9 Å². The first-order valence-electron chi connectivity index (χ1n) is 17.9. The largest absolute Gasteiger partial charge is 0.326 e. The topological polar surface area (TPSA) is 119 Å². The van der Waals surface area contributed by atoms with Crippen molar-refractivity contribution in [2.45, 2.75) is 31.6 Å². The van der Waals surface area contributed by atoms with E-state index in [1.165, 1.54) is 37.1 Å². The summed E-state index contributed by atoms with van der Waals surface area (Å²) < 4.78 is 29.5. The summed E-state index contributed by atoms with van der Waals surface area (Å²) in [6.07, 6.45) is 9.59. The molecular weight excluding hydrogens is 734 g/mol. The average Bonchev–Trinajstić information content (AvgIpc) is 3.73. The quantitative estimate of drug-likeness (QED) is 0.152. The number of fused-ring (bicyclic) bond motifs is 2. The molecule has 0 aliphatic heterocycles. The standard InChI is InChI=1S/C23H19ClN4O.C20H14F2N4O/c24-21-13-19(7-8-20(21)17-5-6-17)27-23(29)11-15-1-3-16(4-2-15)18-9-10-28-22(12-18)25-14-26-28;21-17-6-5-16(11-18(17)22)25-20(27)9-13-1-3-14(4-2-13)15-7-8-26-19(10-15)23-12-24-26/h1-4,7-10,12-14,17H,5-6,11H2,(H,27,29);1-8,10-12H,9H2,(H,25,27). The number of benzene rings is 4. The first kappa shape index (κ1) is 36.2. The van der Waals surface area contributed by atoms with E-state index in [9.17, 15) is 18.4 Å². The molecule has 2 amide bonds. The van der Waals surface area contributed by atoms with Crippen molar-refractivity contribution in [1.82, 2.24) is 29.2 Å². The molecule has 0 spiro atoms. The fraction of sp³-hybridized carbons (Fsp3) is 0.116. The average molecular weight is 767 g/mol. The molecule has 4 aromatic heterocycles. The third-order valence-corrected chi connectivity index (χ3v) is 9.70. The summed E-state index contributed by atoms with van der Waals surface area (Å²) in [5.74, 6) is -1.72. The highest BCUT2D eigenvalue weighted by Gasteiger charge is 2.25. The van der Waals surface area contributed by atoms with Gasteiger partial charge in [-0.3, -0.25) is 9.59 Å². The van der Waals surface area contributed by atoms with Gasteiger partial charge in [0.2, 0.25) is 11.8 Å². The SMILES string of the molecule is O=C(Cc1ccc(-c2ccn3ncnc3c2)cc1)Nc1ccc(C2CC2)c(Cl)c1.O=C(Cc1ccc(-c2ccn3ncnc3c2)cc1)Nc1ccc(F)c(F)c1. The van der Waals surface area contributed by atoms with E-state index in [0.717, 1.165) is 67.5 Å². The second-order valence-corrected chi connectivity index (χ2v) is 13.8. The minimum atomic E-state index is -0.998. The first-order valence-corrected chi connectivity index (χ1v) is 18.2. The van der Waals surface area contributed by atoms with Gasteiger partial charge in [-0.2, -0.15) is 10.2 Å². The van der Waals surface area contributed by atoms with E-state index in [1.54, 1.807) is 9.03 Å². The maximum absolute atomic E-state index is 13.2. The van der Waals surface area contributed by atoms with Gasteiger partial charge in [0.1, 0.15) is 12.7 Å². The van der Waals surface area contributed by atoms with E-state index in [0.29, 0.717) is 12.3 Å². The van der Waals surface area contributed by atoms with Gasteiger partial charge in [-0.15, -0.1) is 0 Å². The molecule has 0 radical (unpaired) electrons. The molecule has 9 rings (SSSR count). The molecule has 4 aromatic carbocycles. The van der Waals surface area contributed by atoms with Crippen LogP contribution in [0.3, 0.4) is 0 Å². The number of carbonyl (C=O) groups is 2. The Morgan fingerprint density at radius 3 is 1.59 bits per heavy atom. The number of anilines is 2. The zero-order valence-corrected chi connectivity index (χ0v) is 30.5. The summed E-state index contributed by atoms with van der Waals surface area (Å²) in [6, 6.07) is 32.5. The van der Waals surface area contributed by atoms with E-state index in [-0.39, 0.29) is 23.9 Å².